The Morgan fingerprint density at radius 1 is 1.25 bits per heavy atom. The average Bonchev–Trinajstić information content (AvgIpc) is 2.78. The van der Waals surface area contributed by atoms with Gasteiger partial charge in [0.25, 0.3) is 0 Å². The van der Waals surface area contributed by atoms with Crippen molar-refractivity contribution in [1.29, 1.82) is 0 Å². The lowest BCUT2D eigenvalue weighted by atomic mass is 9.95. The normalized spacial score (nSPS) is 24.4. The lowest BCUT2D eigenvalue weighted by Crippen LogP contribution is -2.12. The van der Waals surface area contributed by atoms with E-state index in [2.05, 4.69) is 31.2 Å². The molecular weight excluding hydrogens is 200 g/mol. The van der Waals surface area contributed by atoms with Crippen LogP contribution >= 0.6 is 0 Å². The molecule has 16 heavy (non-hydrogen) atoms. The molecule has 2 atom stereocenters. The predicted octanol–water partition coefficient (Wildman–Crippen LogP) is 3.05. The first-order valence-corrected chi connectivity index (χ1v) is 5.85. The van der Waals surface area contributed by atoms with Gasteiger partial charge in [0.1, 0.15) is 0 Å². The van der Waals surface area contributed by atoms with Crippen molar-refractivity contribution in [3.63, 3.8) is 0 Å². The summed E-state index contributed by atoms with van der Waals surface area (Å²) in [4.78, 5) is 11.4. The molecule has 0 saturated heterocycles. The molecule has 1 aromatic carbocycles. The van der Waals surface area contributed by atoms with E-state index < -0.39 is 0 Å². The highest BCUT2D eigenvalue weighted by molar-refractivity contribution is 5.72. The van der Waals surface area contributed by atoms with Crippen LogP contribution in [0.25, 0.3) is 0 Å². The molecule has 0 amide bonds. The van der Waals surface area contributed by atoms with Crippen molar-refractivity contribution >= 4 is 5.97 Å². The molecular formula is C14H18O2. The highest BCUT2D eigenvalue weighted by Gasteiger charge is 2.31. The summed E-state index contributed by atoms with van der Waals surface area (Å²) >= 11 is 0. The van der Waals surface area contributed by atoms with E-state index in [0.29, 0.717) is 5.92 Å². The second-order valence-corrected chi connectivity index (χ2v) is 4.64. The van der Waals surface area contributed by atoms with Crippen LogP contribution in [-0.4, -0.2) is 13.1 Å². The van der Waals surface area contributed by atoms with Gasteiger partial charge in [0.2, 0.25) is 0 Å². The molecule has 1 aromatic rings. The minimum atomic E-state index is -0.0467. The van der Waals surface area contributed by atoms with Crippen molar-refractivity contribution in [2.24, 2.45) is 5.92 Å². The molecule has 0 aromatic heterocycles. The van der Waals surface area contributed by atoms with Crippen LogP contribution < -0.4 is 0 Å². The second-order valence-electron chi connectivity index (χ2n) is 4.64. The standard InChI is InChI=1S/C14H18O2/c1-10-3-5-11(6-4-10)12-7-8-13(9-12)14(15)16-2/h3-6,12-13H,7-9H2,1-2H3. The zero-order chi connectivity index (χ0) is 11.5. The van der Waals surface area contributed by atoms with E-state index in [1.807, 2.05) is 0 Å². The first-order chi connectivity index (χ1) is 7.70. The summed E-state index contributed by atoms with van der Waals surface area (Å²) in [5.74, 6) is 0.593. The average molecular weight is 218 g/mol. The molecule has 0 heterocycles. The first kappa shape index (κ1) is 11.2. The Hall–Kier alpha value is -1.31. The van der Waals surface area contributed by atoms with Gasteiger partial charge < -0.3 is 4.74 Å². The summed E-state index contributed by atoms with van der Waals surface area (Å²) in [5, 5.41) is 0. The fraction of sp³-hybridized carbons (Fsp3) is 0.500. The molecule has 0 aliphatic heterocycles. The van der Waals surface area contributed by atoms with Crippen LogP contribution in [0.1, 0.15) is 36.3 Å². The zero-order valence-corrected chi connectivity index (χ0v) is 9.90. The number of hydrogen-bond acceptors (Lipinski definition) is 2. The van der Waals surface area contributed by atoms with Crippen molar-refractivity contribution in [2.45, 2.75) is 32.1 Å². The third-order valence-electron chi connectivity index (χ3n) is 3.52. The van der Waals surface area contributed by atoms with Gasteiger partial charge in [0.15, 0.2) is 0 Å². The number of aryl methyl sites for hydroxylation is 1. The monoisotopic (exact) mass is 218 g/mol. The van der Waals surface area contributed by atoms with Crippen molar-refractivity contribution in [2.75, 3.05) is 7.11 Å². The van der Waals surface area contributed by atoms with Gasteiger partial charge in [-0.15, -0.1) is 0 Å². The van der Waals surface area contributed by atoms with Crippen LogP contribution in [0.3, 0.4) is 0 Å². The number of methoxy groups -OCH3 is 1. The van der Waals surface area contributed by atoms with Crippen LogP contribution in [-0.2, 0) is 9.53 Å². The van der Waals surface area contributed by atoms with Crippen LogP contribution in [0.2, 0.25) is 0 Å². The molecule has 0 bridgehead atoms. The Morgan fingerprint density at radius 3 is 2.56 bits per heavy atom. The number of hydrogen-bond donors (Lipinski definition) is 0. The highest BCUT2D eigenvalue weighted by Crippen LogP contribution is 2.38. The van der Waals surface area contributed by atoms with Gasteiger partial charge in [-0.25, -0.2) is 0 Å². The Labute approximate surface area is 96.6 Å². The van der Waals surface area contributed by atoms with Gasteiger partial charge in [-0.05, 0) is 37.7 Å². The van der Waals surface area contributed by atoms with Crippen LogP contribution in [0.4, 0.5) is 0 Å². The SMILES string of the molecule is COC(=O)C1CCC(c2ccc(C)cc2)C1. The predicted molar refractivity (Wildman–Crippen MR) is 63.3 cm³/mol. The third-order valence-corrected chi connectivity index (χ3v) is 3.52. The summed E-state index contributed by atoms with van der Waals surface area (Å²) in [6.45, 7) is 2.09. The lowest BCUT2D eigenvalue weighted by Gasteiger charge is -2.10. The molecule has 2 rings (SSSR count). The second kappa shape index (κ2) is 4.69. The van der Waals surface area contributed by atoms with Gasteiger partial charge in [-0.1, -0.05) is 29.8 Å². The fourth-order valence-electron chi connectivity index (χ4n) is 2.50. The number of carbonyl (C=O) groups excluding carboxylic acids is 1. The maximum absolute atomic E-state index is 11.4. The molecule has 0 N–H and O–H groups in total. The molecule has 0 radical (unpaired) electrons. The van der Waals surface area contributed by atoms with Crippen molar-refractivity contribution in [3.8, 4) is 0 Å². The highest BCUT2D eigenvalue weighted by atomic mass is 16.5. The van der Waals surface area contributed by atoms with Crippen LogP contribution in [0, 0.1) is 12.8 Å². The van der Waals surface area contributed by atoms with Crippen molar-refractivity contribution in [3.05, 3.63) is 35.4 Å². The maximum atomic E-state index is 11.4. The van der Waals surface area contributed by atoms with E-state index in [0.717, 1.165) is 19.3 Å². The molecule has 2 unspecified atom stereocenters. The summed E-state index contributed by atoms with van der Waals surface area (Å²) in [5.41, 5.74) is 2.64. The summed E-state index contributed by atoms with van der Waals surface area (Å²) < 4.78 is 4.80. The molecule has 0 spiro atoms. The number of benzene rings is 1. The van der Waals surface area contributed by atoms with E-state index in [4.69, 9.17) is 4.74 Å². The van der Waals surface area contributed by atoms with Gasteiger partial charge in [0, 0.05) is 0 Å². The summed E-state index contributed by atoms with van der Waals surface area (Å²) in [6.07, 6.45) is 3.00. The molecule has 1 fully saturated rings. The van der Waals surface area contributed by atoms with Crippen molar-refractivity contribution in [1.82, 2.24) is 0 Å². The van der Waals surface area contributed by atoms with Crippen molar-refractivity contribution < 1.29 is 9.53 Å². The first-order valence-electron chi connectivity index (χ1n) is 5.85. The molecule has 86 valence electrons. The Morgan fingerprint density at radius 2 is 1.94 bits per heavy atom. The summed E-state index contributed by atoms with van der Waals surface area (Å²) in [7, 11) is 1.47. The van der Waals surface area contributed by atoms with Crippen LogP contribution in [0.15, 0.2) is 24.3 Å². The minimum Gasteiger partial charge on any atom is -0.469 e. The zero-order valence-electron chi connectivity index (χ0n) is 9.90. The topological polar surface area (TPSA) is 26.3 Å². The van der Waals surface area contributed by atoms with E-state index in [1.165, 1.54) is 18.2 Å². The minimum absolute atomic E-state index is 0.0467. The Kier molecular flexibility index (Phi) is 3.28. The quantitative estimate of drug-likeness (QED) is 0.713. The number of rotatable bonds is 2. The molecule has 1 saturated carbocycles. The number of carbonyl (C=O) groups is 1. The largest absolute Gasteiger partial charge is 0.469 e. The smallest absolute Gasteiger partial charge is 0.308 e. The van der Waals surface area contributed by atoms with Gasteiger partial charge in [-0.3, -0.25) is 4.79 Å². The van der Waals surface area contributed by atoms with Gasteiger partial charge >= 0.3 is 5.97 Å². The summed E-state index contributed by atoms with van der Waals surface area (Å²) in [6, 6.07) is 8.64. The molecule has 1 aliphatic carbocycles. The van der Waals surface area contributed by atoms with E-state index in [1.54, 1.807) is 0 Å². The number of ether oxygens (including phenoxy) is 1. The number of esters is 1. The van der Waals surface area contributed by atoms with E-state index in [-0.39, 0.29) is 11.9 Å². The van der Waals surface area contributed by atoms with E-state index >= 15 is 0 Å². The Balaban J connectivity index is 2.03. The van der Waals surface area contributed by atoms with Gasteiger partial charge in [-0.2, -0.15) is 0 Å². The fourth-order valence-corrected chi connectivity index (χ4v) is 2.50. The molecule has 2 nitrogen and oxygen atoms in total. The lowest BCUT2D eigenvalue weighted by molar-refractivity contribution is -0.145. The van der Waals surface area contributed by atoms with Crippen LogP contribution in [0.5, 0.6) is 0 Å². The molecule has 2 heteroatoms. The molecule has 1 aliphatic rings. The van der Waals surface area contributed by atoms with Gasteiger partial charge in [0.05, 0.1) is 13.0 Å². The maximum Gasteiger partial charge on any atom is 0.308 e. The third kappa shape index (κ3) is 2.26. The van der Waals surface area contributed by atoms with E-state index in [9.17, 15) is 4.79 Å². The Bertz CT molecular complexity index is 367.